The fourth-order valence-electron chi connectivity index (χ4n) is 1.28. The molecule has 0 bridgehead atoms. The van der Waals surface area contributed by atoms with Gasteiger partial charge in [-0.15, -0.1) is 0 Å². The van der Waals surface area contributed by atoms with E-state index in [1.54, 1.807) is 18.2 Å². The lowest BCUT2D eigenvalue weighted by Crippen LogP contribution is -2.35. The summed E-state index contributed by atoms with van der Waals surface area (Å²) >= 11 is 9.13. The highest BCUT2D eigenvalue weighted by molar-refractivity contribution is 9.10. The molecule has 1 rings (SSSR count). The molecule has 0 aromatic heterocycles. The lowest BCUT2D eigenvalue weighted by Gasteiger charge is -2.11. The molecule has 4 nitrogen and oxygen atoms in total. The minimum Gasteiger partial charge on any atom is -0.452 e. The molecule has 0 aliphatic rings. The normalized spacial score (nSPS) is 11.8. The molecule has 1 amide bonds. The summed E-state index contributed by atoms with van der Waals surface area (Å²) in [5.41, 5.74) is 0.229. The highest BCUT2D eigenvalue weighted by Crippen LogP contribution is 2.21. The SMILES string of the molecule is CC[C@H](C)NC(=O)COC(=O)c1cc(Br)ccc1Cl. The molecule has 0 radical (unpaired) electrons. The lowest BCUT2D eigenvalue weighted by molar-refractivity contribution is -0.124. The number of benzene rings is 1. The Morgan fingerprint density at radius 3 is 2.79 bits per heavy atom. The molecule has 0 aliphatic carbocycles. The third kappa shape index (κ3) is 5.20. The van der Waals surface area contributed by atoms with Crippen molar-refractivity contribution in [3.63, 3.8) is 0 Å². The van der Waals surface area contributed by atoms with Crippen molar-refractivity contribution in [3.05, 3.63) is 33.3 Å². The fraction of sp³-hybridized carbons (Fsp3) is 0.385. The number of hydrogen-bond acceptors (Lipinski definition) is 3. The van der Waals surface area contributed by atoms with Gasteiger partial charge in [0, 0.05) is 10.5 Å². The molecule has 0 saturated carbocycles. The number of halogens is 2. The molecule has 0 saturated heterocycles. The van der Waals surface area contributed by atoms with Gasteiger partial charge in [-0.25, -0.2) is 4.79 Å². The van der Waals surface area contributed by atoms with Crippen LogP contribution in [-0.4, -0.2) is 24.5 Å². The fourth-order valence-corrected chi connectivity index (χ4v) is 1.84. The van der Waals surface area contributed by atoms with Crippen LogP contribution >= 0.6 is 27.5 Å². The molecule has 1 atom stereocenters. The predicted molar refractivity (Wildman–Crippen MR) is 77.3 cm³/mol. The summed E-state index contributed by atoms with van der Waals surface area (Å²) in [7, 11) is 0. The monoisotopic (exact) mass is 347 g/mol. The van der Waals surface area contributed by atoms with Gasteiger partial charge in [0.15, 0.2) is 6.61 Å². The Bertz CT molecular complexity index is 479. The van der Waals surface area contributed by atoms with Crippen molar-refractivity contribution < 1.29 is 14.3 Å². The average Bonchev–Trinajstić information content (AvgIpc) is 2.38. The largest absolute Gasteiger partial charge is 0.452 e. The minimum atomic E-state index is -0.620. The van der Waals surface area contributed by atoms with Crippen molar-refractivity contribution in [2.24, 2.45) is 0 Å². The van der Waals surface area contributed by atoms with Crippen LogP contribution in [0.4, 0.5) is 0 Å². The number of amides is 1. The first-order valence-electron chi connectivity index (χ1n) is 5.85. The first-order chi connectivity index (χ1) is 8.93. The van der Waals surface area contributed by atoms with Crippen LogP contribution in [0.3, 0.4) is 0 Å². The van der Waals surface area contributed by atoms with Crippen LogP contribution in [0.1, 0.15) is 30.6 Å². The maximum atomic E-state index is 11.8. The molecule has 19 heavy (non-hydrogen) atoms. The van der Waals surface area contributed by atoms with Gasteiger partial charge in [-0.05, 0) is 31.5 Å². The van der Waals surface area contributed by atoms with Crippen LogP contribution in [-0.2, 0) is 9.53 Å². The summed E-state index contributed by atoms with van der Waals surface area (Å²) < 4.78 is 5.63. The Morgan fingerprint density at radius 1 is 1.47 bits per heavy atom. The number of rotatable bonds is 5. The van der Waals surface area contributed by atoms with E-state index in [1.807, 2.05) is 13.8 Å². The average molecular weight is 349 g/mol. The molecule has 1 aromatic rings. The second-order valence-electron chi connectivity index (χ2n) is 4.08. The number of nitrogens with one attached hydrogen (secondary N) is 1. The maximum absolute atomic E-state index is 11.8. The summed E-state index contributed by atoms with van der Waals surface area (Å²) in [6.07, 6.45) is 0.817. The summed E-state index contributed by atoms with van der Waals surface area (Å²) in [6, 6.07) is 4.91. The smallest absolute Gasteiger partial charge is 0.340 e. The summed E-state index contributed by atoms with van der Waals surface area (Å²) in [4.78, 5) is 23.2. The number of esters is 1. The van der Waals surface area contributed by atoms with E-state index in [0.717, 1.165) is 6.42 Å². The number of carbonyl (C=O) groups excluding carboxylic acids is 2. The number of carbonyl (C=O) groups is 2. The van der Waals surface area contributed by atoms with E-state index in [2.05, 4.69) is 21.2 Å². The summed E-state index contributed by atoms with van der Waals surface area (Å²) in [5.74, 6) is -0.945. The molecule has 6 heteroatoms. The predicted octanol–water partition coefficient (Wildman–Crippen LogP) is 3.17. The lowest BCUT2D eigenvalue weighted by atomic mass is 10.2. The van der Waals surface area contributed by atoms with Crippen LogP contribution < -0.4 is 5.32 Å². The first kappa shape index (κ1) is 16.0. The zero-order valence-corrected chi connectivity index (χ0v) is 13.0. The second-order valence-corrected chi connectivity index (χ2v) is 5.40. The highest BCUT2D eigenvalue weighted by atomic mass is 79.9. The van der Waals surface area contributed by atoms with Crippen molar-refractivity contribution in [2.75, 3.05) is 6.61 Å². The number of hydrogen-bond donors (Lipinski definition) is 1. The van der Waals surface area contributed by atoms with Crippen LogP contribution in [0, 0.1) is 0 Å². The van der Waals surface area contributed by atoms with Crippen molar-refractivity contribution in [1.82, 2.24) is 5.32 Å². The van der Waals surface area contributed by atoms with Crippen molar-refractivity contribution in [1.29, 1.82) is 0 Å². The quantitative estimate of drug-likeness (QED) is 0.832. The molecule has 1 N–H and O–H groups in total. The zero-order valence-electron chi connectivity index (χ0n) is 10.7. The third-order valence-corrected chi connectivity index (χ3v) is 3.33. The van der Waals surface area contributed by atoms with Gasteiger partial charge in [-0.1, -0.05) is 34.5 Å². The van der Waals surface area contributed by atoms with Crippen LogP contribution in [0.25, 0.3) is 0 Å². The minimum absolute atomic E-state index is 0.0562. The molecule has 0 spiro atoms. The van der Waals surface area contributed by atoms with E-state index in [-0.39, 0.29) is 29.1 Å². The van der Waals surface area contributed by atoms with Gasteiger partial charge in [0.1, 0.15) is 0 Å². The van der Waals surface area contributed by atoms with Gasteiger partial charge in [0.25, 0.3) is 5.91 Å². The first-order valence-corrected chi connectivity index (χ1v) is 7.02. The van der Waals surface area contributed by atoms with E-state index in [0.29, 0.717) is 4.47 Å². The molecule has 0 heterocycles. The van der Waals surface area contributed by atoms with E-state index >= 15 is 0 Å². The Kier molecular flexibility index (Phi) is 6.31. The van der Waals surface area contributed by atoms with Gasteiger partial charge in [-0.2, -0.15) is 0 Å². The standard InChI is InChI=1S/C13H15BrClNO3/c1-3-8(2)16-12(17)7-19-13(18)10-6-9(14)4-5-11(10)15/h4-6,8H,3,7H2,1-2H3,(H,16,17)/t8-/m0/s1. The van der Waals surface area contributed by atoms with E-state index in [9.17, 15) is 9.59 Å². The second kappa shape index (κ2) is 7.50. The topological polar surface area (TPSA) is 55.4 Å². The van der Waals surface area contributed by atoms with Gasteiger partial charge >= 0.3 is 5.97 Å². The van der Waals surface area contributed by atoms with Crippen LogP contribution in [0.2, 0.25) is 5.02 Å². The zero-order chi connectivity index (χ0) is 14.4. The summed E-state index contributed by atoms with van der Waals surface area (Å²) in [5, 5.41) is 2.99. The van der Waals surface area contributed by atoms with E-state index in [1.165, 1.54) is 0 Å². The Labute approximate surface area is 125 Å². The van der Waals surface area contributed by atoms with Crippen molar-refractivity contribution in [2.45, 2.75) is 26.3 Å². The van der Waals surface area contributed by atoms with Crippen LogP contribution in [0.15, 0.2) is 22.7 Å². The Morgan fingerprint density at radius 2 is 2.16 bits per heavy atom. The van der Waals surface area contributed by atoms with Gasteiger partial charge < -0.3 is 10.1 Å². The molecule has 0 unspecified atom stereocenters. The molecular formula is C13H15BrClNO3. The van der Waals surface area contributed by atoms with Gasteiger partial charge in [0.2, 0.25) is 0 Å². The highest BCUT2D eigenvalue weighted by Gasteiger charge is 2.14. The molecule has 1 aromatic carbocycles. The summed E-state index contributed by atoms with van der Waals surface area (Å²) in [6.45, 7) is 3.52. The Balaban J connectivity index is 2.56. The van der Waals surface area contributed by atoms with Crippen molar-refractivity contribution in [3.8, 4) is 0 Å². The third-order valence-electron chi connectivity index (χ3n) is 2.50. The molecule has 0 fully saturated rings. The van der Waals surface area contributed by atoms with Crippen LogP contribution in [0.5, 0.6) is 0 Å². The Hall–Kier alpha value is -1.07. The molecular weight excluding hydrogens is 334 g/mol. The molecule has 0 aliphatic heterocycles. The molecule has 104 valence electrons. The van der Waals surface area contributed by atoms with Crippen molar-refractivity contribution >= 4 is 39.4 Å². The van der Waals surface area contributed by atoms with Gasteiger partial charge in [-0.3, -0.25) is 4.79 Å². The van der Waals surface area contributed by atoms with Gasteiger partial charge in [0.05, 0.1) is 10.6 Å². The maximum Gasteiger partial charge on any atom is 0.340 e. The van der Waals surface area contributed by atoms with E-state index in [4.69, 9.17) is 16.3 Å². The number of ether oxygens (including phenoxy) is 1. The van der Waals surface area contributed by atoms with E-state index < -0.39 is 5.97 Å².